The molecular formula is C17H15NO4. The van der Waals surface area contributed by atoms with Gasteiger partial charge in [-0.2, -0.15) is 0 Å². The molecule has 2 N–H and O–H groups in total. The van der Waals surface area contributed by atoms with Crippen LogP contribution in [0.2, 0.25) is 0 Å². The van der Waals surface area contributed by atoms with Crippen molar-refractivity contribution in [1.82, 2.24) is 0 Å². The molecule has 4 aliphatic rings. The van der Waals surface area contributed by atoms with Crippen molar-refractivity contribution in [2.45, 2.75) is 42.4 Å². The van der Waals surface area contributed by atoms with Gasteiger partial charge in [-0.05, 0) is 49.3 Å². The molecule has 2 heterocycles. The van der Waals surface area contributed by atoms with Crippen LogP contribution in [0.25, 0.3) is 0 Å². The average Bonchev–Trinajstić information content (AvgIpc) is 2.83. The van der Waals surface area contributed by atoms with E-state index in [9.17, 15) is 15.0 Å². The third-order valence-electron chi connectivity index (χ3n) is 5.70. The van der Waals surface area contributed by atoms with E-state index in [1.165, 1.54) is 6.08 Å². The number of phenolic OH excluding ortho intramolecular Hbond substituents is 1. The first-order chi connectivity index (χ1) is 10.6. The molecule has 1 aromatic carbocycles. The maximum atomic E-state index is 12.4. The Morgan fingerprint density at radius 3 is 3.09 bits per heavy atom. The molecule has 0 saturated carbocycles. The van der Waals surface area contributed by atoms with Gasteiger partial charge >= 0.3 is 0 Å². The molecule has 0 unspecified atom stereocenters. The van der Waals surface area contributed by atoms with Gasteiger partial charge < -0.3 is 14.9 Å². The largest absolute Gasteiger partial charge is 0.504 e. The zero-order chi connectivity index (χ0) is 15.1. The van der Waals surface area contributed by atoms with Crippen LogP contribution < -0.4 is 4.74 Å². The summed E-state index contributed by atoms with van der Waals surface area (Å²) in [7, 11) is 0. The Morgan fingerprint density at radius 2 is 2.23 bits per heavy atom. The Hall–Kier alpha value is -2.14. The average molecular weight is 297 g/mol. The number of aliphatic imine (C=N–C) groups is 1. The van der Waals surface area contributed by atoms with Gasteiger partial charge in [0, 0.05) is 5.56 Å². The number of aromatic hydroxyl groups is 1. The maximum absolute atomic E-state index is 12.4. The third-order valence-corrected chi connectivity index (χ3v) is 5.70. The maximum Gasteiger partial charge on any atom is 0.196 e. The minimum Gasteiger partial charge on any atom is -0.504 e. The molecule has 112 valence electrons. The van der Waals surface area contributed by atoms with Crippen LogP contribution in [0.4, 0.5) is 0 Å². The summed E-state index contributed by atoms with van der Waals surface area (Å²) in [5.74, 6) is 0.230. The highest BCUT2D eigenvalue weighted by molar-refractivity contribution is 5.99. The summed E-state index contributed by atoms with van der Waals surface area (Å²) in [6, 6.07) is 3.13. The van der Waals surface area contributed by atoms with Crippen LogP contribution in [-0.4, -0.2) is 40.0 Å². The van der Waals surface area contributed by atoms with E-state index in [1.807, 2.05) is 12.3 Å². The Morgan fingerprint density at radius 1 is 1.36 bits per heavy atom. The first-order valence-electron chi connectivity index (χ1n) is 7.57. The molecule has 0 radical (unpaired) electrons. The predicted molar refractivity (Wildman–Crippen MR) is 78.5 cm³/mol. The van der Waals surface area contributed by atoms with Crippen molar-refractivity contribution in [3.8, 4) is 11.5 Å². The van der Waals surface area contributed by atoms with Crippen LogP contribution in [0.15, 0.2) is 29.3 Å². The van der Waals surface area contributed by atoms with Gasteiger partial charge in [0.1, 0.15) is 5.60 Å². The minimum absolute atomic E-state index is 0.0290. The van der Waals surface area contributed by atoms with Gasteiger partial charge in [-0.25, -0.2) is 0 Å². The molecule has 4 atom stereocenters. The molecule has 5 heteroatoms. The lowest BCUT2D eigenvalue weighted by molar-refractivity contribution is -0.133. The zero-order valence-electron chi connectivity index (χ0n) is 11.8. The molecule has 5 nitrogen and oxygen atoms in total. The molecule has 22 heavy (non-hydrogen) atoms. The van der Waals surface area contributed by atoms with Crippen molar-refractivity contribution >= 4 is 12.0 Å². The Kier molecular flexibility index (Phi) is 2.03. The number of hydrogen-bond donors (Lipinski definition) is 2. The summed E-state index contributed by atoms with van der Waals surface area (Å²) < 4.78 is 5.88. The number of nitrogens with zero attached hydrogens (tertiary/aromatic N) is 1. The molecule has 2 aliphatic heterocycles. The van der Waals surface area contributed by atoms with E-state index in [2.05, 4.69) is 4.99 Å². The molecule has 0 amide bonds. The number of ketones is 1. The first-order valence-corrected chi connectivity index (χ1v) is 7.57. The van der Waals surface area contributed by atoms with Gasteiger partial charge in [-0.3, -0.25) is 9.79 Å². The van der Waals surface area contributed by atoms with E-state index < -0.39 is 17.1 Å². The monoisotopic (exact) mass is 297 g/mol. The molecule has 0 saturated heterocycles. The second-order valence-corrected chi connectivity index (χ2v) is 6.57. The number of hydrogen-bond acceptors (Lipinski definition) is 5. The number of rotatable bonds is 0. The molecule has 1 aromatic rings. The summed E-state index contributed by atoms with van der Waals surface area (Å²) in [6.45, 7) is 0. The second-order valence-electron chi connectivity index (χ2n) is 6.57. The zero-order valence-corrected chi connectivity index (χ0v) is 11.8. The molecule has 1 spiro atoms. The third kappa shape index (κ3) is 1.10. The molecule has 0 fully saturated rings. The lowest BCUT2D eigenvalue weighted by Crippen LogP contribution is -2.67. The fraction of sp³-hybridized carbons (Fsp3) is 0.412. The van der Waals surface area contributed by atoms with Gasteiger partial charge in [0.15, 0.2) is 23.4 Å². The standard InChI is InChI=1S/C17H15NO4/c19-10-3-2-9-8-12-17(21)6-4-11(20)15-16(17,5-1-7-18-12)13(9)14(10)22-15/h2-4,6-7,12,15,19,21H,1,5,8H2/t12-,15+,16+,17-/m1/s1. The van der Waals surface area contributed by atoms with Gasteiger partial charge in [0.2, 0.25) is 0 Å². The summed E-state index contributed by atoms with van der Waals surface area (Å²) in [6.07, 6.45) is 5.90. The highest BCUT2D eigenvalue weighted by Gasteiger charge is 2.69. The predicted octanol–water partition coefficient (Wildman–Crippen LogP) is 1.05. The molecule has 2 bridgehead atoms. The van der Waals surface area contributed by atoms with Gasteiger partial charge in [0.05, 0.1) is 11.5 Å². The molecule has 0 aromatic heterocycles. The normalized spacial score (nSPS) is 40.1. The van der Waals surface area contributed by atoms with Crippen LogP contribution in [0.3, 0.4) is 0 Å². The number of carbonyl (C=O) groups excluding carboxylic acids is 1. The Balaban J connectivity index is 1.93. The number of benzene rings is 1. The van der Waals surface area contributed by atoms with E-state index in [0.29, 0.717) is 25.0 Å². The van der Waals surface area contributed by atoms with Crippen LogP contribution >= 0.6 is 0 Å². The van der Waals surface area contributed by atoms with Crippen molar-refractivity contribution in [3.05, 3.63) is 35.4 Å². The summed E-state index contributed by atoms with van der Waals surface area (Å²) in [5.41, 5.74) is -0.279. The van der Waals surface area contributed by atoms with Crippen molar-refractivity contribution in [2.24, 2.45) is 4.99 Å². The smallest absolute Gasteiger partial charge is 0.196 e. The molecule has 5 rings (SSSR count). The van der Waals surface area contributed by atoms with Crippen LogP contribution in [0.5, 0.6) is 11.5 Å². The van der Waals surface area contributed by atoms with E-state index in [4.69, 9.17) is 4.74 Å². The quantitative estimate of drug-likeness (QED) is 0.750. The SMILES string of the molecule is O=C1C=C[C@@]2(O)[C@H]3Cc4ccc(O)c5c4[C@@]2(CCC=N3)[C@H]1O5. The lowest BCUT2D eigenvalue weighted by Gasteiger charge is -2.52. The van der Waals surface area contributed by atoms with Gasteiger partial charge in [-0.1, -0.05) is 6.07 Å². The Bertz CT molecular complexity index is 783. The number of aliphatic hydroxyl groups is 1. The van der Waals surface area contributed by atoms with Crippen molar-refractivity contribution in [3.63, 3.8) is 0 Å². The minimum atomic E-state index is -1.25. The summed E-state index contributed by atoms with van der Waals surface area (Å²) in [4.78, 5) is 17.0. The van der Waals surface area contributed by atoms with E-state index >= 15 is 0 Å². The second kappa shape index (κ2) is 3.60. The fourth-order valence-corrected chi connectivity index (χ4v) is 4.79. The van der Waals surface area contributed by atoms with E-state index in [-0.39, 0.29) is 17.6 Å². The lowest BCUT2D eigenvalue weighted by atomic mass is 9.53. The van der Waals surface area contributed by atoms with Crippen LogP contribution in [0, 0.1) is 0 Å². The topological polar surface area (TPSA) is 79.1 Å². The highest BCUT2D eigenvalue weighted by Crippen LogP contribution is 2.62. The molecular weight excluding hydrogens is 282 g/mol. The summed E-state index contributed by atoms with van der Waals surface area (Å²) in [5, 5.41) is 21.7. The van der Waals surface area contributed by atoms with Crippen molar-refractivity contribution in [2.75, 3.05) is 0 Å². The van der Waals surface area contributed by atoms with Gasteiger partial charge in [-0.15, -0.1) is 0 Å². The van der Waals surface area contributed by atoms with Crippen LogP contribution in [0.1, 0.15) is 24.0 Å². The highest BCUT2D eigenvalue weighted by atomic mass is 16.5. The number of ether oxygens (including phenoxy) is 1. The molecule has 2 aliphatic carbocycles. The van der Waals surface area contributed by atoms with E-state index in [0.717, 1.165) is 11.1 Å². The fourth-order valence-electron chi connectivity index (χ4n) is 4.79. The summed E-state index contributed by atoms with van der Waals surface area (Å²) >= 11 is 0. The van der Waals surface area contributed by atoms with E-state index in [1.54, 1.807) is 12.1 Å². The number of carbonyl (C=O) groups is 1. The first kappa shape index (κ1) is 12.4. The Labute approximate surface area is 126 Å². The number of phenols is 1. The van der Waals surface area contributed by atoms with Crippen molar-refractivity contribution < 1.29 is 19.7 Å². The van der Waals surface area contributed by atoms with Crippen LogP contribution in [-0.2, 0) is 16.6 Å². The van der Waals surface area contributed by atoms with Crippen molar-refractivity contribution in [1.29, 1.82) is 0 Å². The van der Waals surface area contributed by atoms with Gasteiger partial charge in [0.25, 0.3) is 0 Å².